The molecule has 30 heavy (non-hydrogen) atoms. The van der Waals surface area contributed by atoms with Crippen molar-refractivity contribution in [3.05, 3.63) is 69.7 Å². The van der Waals surface area contributed by atoms with Crippen molar-refractivity contribution in [3.63, 3.8) is 0 Å². The summed E-state index contributed by atoms with van der Waals surface area (Å²) in [5, 5.41) is 1.72. The van der Waals surface area contributed by atoms with E-state index in [4.69, 9.17) is 0 Å². The first kappa shape index (κ1) is 20.3. The molecule has 0 unspecified atom stereocenters. The number of thiazole rings is 2. The molecule has 0 amide bonds. The van der Waals surface area contributed by atoms with Crippen molar-refractivity contribution in [2.75, 3.05) is 0 Å². The minimum Gasteiger partial charge on any atom is -0.294 e. The molecule has 4 rings (SSSR count). The fourth-order valence-corrected chi connectivity index (χ4v) is 5.24. The lowest BCUT2D eigenvalue weighted by Gasteiger charge is -2.04. The monoisotopic (exact) mass is 432 g/mol. The number of hydrogen-bond acceptors (Lipinski definition) is 6. The van der Waals surface area contributed by atoms with Gasteiger partial charge in [-0.2, -0.15) is 0 Å². The van der Waals surface area contributed by atoms with Crippen LogP contribution in [0, 0.1) is 13.8 Å². The number of benzene rings is 2. The summed E-state index contributed by atoms with van der Waals surface area (Å²) in [6.45, 7) is 6.89. The number of hydrogen-bond donors (Lipinski definition) is 0. The van der Waals surface area contributed by atoms with Crippen LogP contribution in [0.1, 0.15) is 44.6 Å². The molecule has 0 aliphatic rings. The number of Topliss-reactive ketones (excluding diaryl/α,β-unsaturated/α-hetero) is 2. The van der Waals surface area contributed by atoms with Crippen LogP contribution in [0.15, 0.2) is 48.5 Å². The van der Waals surface area contributed by atoms with Crippen LogP contribution < -0.4 is 0 Å². The minimum absolute atomic E-state index is 0.0545. The molecule has 0 aliphatic heterocycles. The quantitative estimate of drug-likeness (QED) is 0.332. The van der Waals surface area contributed by atoms with Crippen LogP contribution in [0.3, 0.4) is 0 Å². The highest BCUT2D eigenvalue weighted by Gasteiger charge is 2.14. The number of carbonyl (C=O) groups is 2. The molecule has 0 aliphatic carbocycles. The molecule has 0 saturated heterocycles. The van der Waals surface area contributed by atoms with Crippen LogP contribution in [0.4, 0.5) is 0 Å². The van der Waals surface area contributed by atoms with E-state index in [-0.39, 0.29) is 11.6 Å². The van der Waals surface area contributed by atoms with Gasteiger partial charge in [-0.05, 0) is 25.0 Å². The molecule has 0 spiro atoms. The van der Waals surface area contributed by atoms with Crippen LogP contribution in [0.5, 0.6) is 0 Å². The highest BCUT2D eigenvalue weighted by Crippen LogP contribution is 2.32. The normalized spacial score (nSPS) is 10.9. The molecule has 6 heteroatoms. The Bertz CT molecular complexity index is 1150. The third-order valence-corrected chi connectivity index (χ3v) is 7.44. The van der Waals surface area contributed by atoms with E-state index in [9.17, 15) is 9.59 Å². The largest absolute Gasteiger partial charge is 0.294 e. The van der Waals surface area contributed by atoms with Gasteiger partial charge < -0.3 is 0 Å². The van der Waals surface area contributed by atoms with Gasteiger partial charge in [-0.3, -0.25) is 9.59 Å². The molecular weight excluding hydrogens is 412 g/mol. The van der Waals surface area contributed by atoms with Gasteiger partial charge in [0.2, 0.25) is 0 Å². The molecule has 0 fully saturated rings. The van der Waals surface area contributed by atoms with Gasteiger partial charge >= 0.3 is 0 Å². The second-order valence-corrected chi connectivity index (χ2v) is 9.13. The first-order valence-electron chi connectivity index (χ1n) is 9.51. The van der Waals surface area contributed by atoms with Crippen molar-refractivity contribution < 1.29 is 9.59 Å². The molecule has 0 saturated carbocycles. The van der Waals surface area contributed by atoms with Crippen molar-refractivity contribution >= 4 is 34.2 Å². The topological polar surface area (TPSA) is 59.9 Å². The van der Waals surface area contributed by atoms with Crippen molar-refractivity contribution in [2.24, 2.45) is 0 Å². The fraction of sp³-hybridized carbons (Fsp3) is 0.167. The Balaban J connectivity index is 1.58. The van der Waals surface area contributed by atoms with E-state index in [1.165, 1.54) is 22.7 Å². The number of rotatable bonds is 5. The SMILES string of the molecule is CC(=O)c1sc(-c2ccc(-c3ccc(-c4nc(C)c(C(C)=O)s4)cc3)cc2)nc1C. The van der Waals surface area contributed by atoms with Gasteiger partial charge in [-0.25, -0.2) is 9.97 Å². The summed E-state index contributed by atoms with van der Waals surface area (Å²) < 4.78 is 0. The average Bonchev–Trinajstić information content (AvgIpc) is 3.31. The van der Waals surface area contributed by atoms with Crippen LogP contribution in [0.2, 0.25) is 0 Å². The smallest absolute Gasteiger partial charge is 0.171 e. The maximum Gasteiger partial charge on any atom is 0.171 e. The minimum atomic E-state index is 0.0545. The molecule has 0 N–H and O–H groups in total. The van der Waals surface area contributed by atoms with E-state index in [1.54, 1.807) is 13.8 Å². The van der Waals surface area contributed by atoms with E-state index in [1.807, 2.05) is 38.1 Å². The summed E-state index contributed by atoms with van der Waals surface area (Å²) in [6, 6.07) is 16.4. The molecule has 2 aromatic heterocycles. The maximum atomic E-state index is 11.7. The Morgan fingerprint density at radius 3 is 1.17 bits per heavy atom. The van der Waals surface area contributed by atoms with Crippen LogP contribution >= 0.6 is 22.7 Å². The van der Waals surface area contributed by atoms with Crippen molar-refractivity contribution in [1.82, 2.24) is 9.97 Å². The number of aromatic nitrogens is 2. The zero-order chi connectivity index (χ0) is 21.4. The first-order chi connectivity index (χ1) is 14.3. The van der Waals surface area contributed by atoms with Gasteiger partial charge in [0.1, 0.15) is 10.0 Å². The zero-order valence-corrected chi connectivity index (χ0v) is 18.8. The summed E-state index contributed by atoms with van der Waals surface area (Å²) in [5.74, 6) is 0.109. The summed E-state index contributed by atoms with van der Waals surface area (Å²) in [7, 11) is 0. The lowest BCUT2D eigenvalue weighted by Crippen LogP contribution is -1.89. The van der Waals surface area contributed by atoms with Crippen molar-refractivity contribution in [1.29, 1.82) is 0 Å². The second kappa shape index (κ2) is 8.05. The van der Waals surface area contributed by atoms with Crippen LogP contribution in [-0.2, 0) is 0 Å². The molecule has 4 nitrogen and oxygen atoms in total. The first-order valence-corrected chi connectivity index (χ1v) is 11.1. The molecular formula is C24H20N2O2S2. The predicted molar refractivity (Wildman–Crippen MR) is 124 cm³/mol. The van der Waals surface area contributed by atoms with Gasteiger partial charge in [-0.1, -0.05) is 48.5 Å². The number of nitrogens with zero attached hydrogens (tertiary/aromatic N) is 2. The Hall–Kier alpha value is -2.96. The maximum absolute atomic E-state index is 11.7. The molecule has 2 heterocycles. The van der Waals surface area contributed by atoms with Gasteiger partial charge in [-0.15, -0.1) is 22.7 Å². The van der Waals surface area contributed by atoms with E-state index in [2.05, 4.69) is 34.2 Å². The summed E-state index contributed by atoms with van der Waals surface area (Å²) in [6.07, 6.45) is 0. The van der Waals surface area contributed by atoms with Gasteiger partial charge in [0, 0.05) is 25.0 Å². The second-order valence-electron chi connectivity index (χ2n) is 7.13. The van der Waals surface area contributed by atoms with Crippen LogP contribution in [-0.4, -0.2) is 21.5 Å². The summed E-state index contributed by atoms with van der Waals surface area (Å²) in [4.78, 5) is 33.9. The summed E-state index contributed by atoms with van der Waals surface area (Å²) >= 11 is 2.87. The molecule has 0 bridgehead atoms. The van der Waals surface area contributed by atoms with Crippen molar-refractivity contribution in [2.45, 2.75) is 27.7 Å². The Morgan fingerprint density at radius 1 is 0.600 bits per heavy atom. The molecule has 150 valence electrons. The summed E-state index contributed by atoms with van der Waals surface area (Å²) in [5.41, 5.74) is 5.78. The average molecular weight is 433 g/mol. The Morgan fingerprint density at radius 2 is 0.900 bits per heavy atom. The molecule has 0 radical (unpaired) electrons. The predicted octanol–water partition coefficient (Wildman–Crippen LogP) is 6.62. The third-order valence-electron chi connectivity index (χ3n) is 4.83. The zero-order valence-electron chi connectivity index (χ0n) is 17.1. The number of ketones is 2. The fourth-order valence-electron chi connectivity index (χ4n) is 3.30. The van der Waals surface area contributed by atoms with Gasteiger partial charge in [0.05, 0.1) is 21.1 Å². The van der Waals surface area contributed by atoms with E-state index >= 15 is 0 Å². The molecule has 2 aromatic carbocycles. The van der Waals surface area contributed by atoms with Crippen molar-refractivity contribution in [3.8, 4) is 32.3 Å². The lowest BCUT2D eigenvalue weighted by molar-refractivity contribution is 0.101. The number of aryl methyl sites for hydroxylation is 2. The van der Waals surface area contributed by atoms with Gasteiger partial charge in [0.25, 0.3) is 0 Å². The highest BCUT2D eigenvalue weighted by atomic mass is 32.1. The highest BCUT2D eigenvalue weighted by molar-refractivity contribution is 7.17. The van der Waals surface area contributed by atoms with E-state index in [0.717, 1.165) is 53.4 Å². The third kappa shape index (κ3) is 3.88. The number of carbonyl (C=O) groups excluding carboxylic acids is 2. The standard InChI is InChI=1S/C24H20N2O2S2/c1-13-21(15(3)27)29-23(25-13)19-9-5-17(6-10-19)18-7-11-20(12-8-18)24-26-14(2)22(30-24)16(4)28/h5-12H,1-4H3. The Labute approximate surface area is 183 Å². The van der Waals surface area contributed by atoms with E-state index in [0.29, 0.717) is 0 Å². The van der Waals surface area contributed by atoms with E-state index < -0.39 is 0 Å². The van der Waals surface area contributed by atoms with Crippen LogP contribution in [0.25, 0.3) is 32.3 Å². The Kier molecular flexibility index (Phi) is 5.45. The molecule has 4 aromatic rings. The lowest BCUT2D eigenvalue weighted by atomic mass is 10.0. The van der Waals surface area contributed by atoms with Gasteiger partial charge in [0.15, 0.2) is 11.6 Å². The molecule has 0 atom stereocenters.